The summed E-state index contributed by atoms with van der Waals surface area (Å²) in [5.41, 5.74) is 0. The molecule has 0 fully saturated rings. The maximum Gasteiger partial charge on any atom is 0.231 e. The van der Waals surface area contributed by atoms with Crippen molar-refractivity contribution < 1.29 is 0 Å². The van der Waals surface area contributed by atoms with Gasteiger partial charge in [-0.25, -0.2) is 0 Å². The summed E-state index contributed by atoms with van der Waals surface area (Å²) in [6.45, 7) is 11.3. The first-order valence-electron chi connectivity index (χ1n) is 7.74. The van der Waals surface area contributed by atoms with E-state index < -0.39 is 0 Å². The molecule has 0 aromatic carbocycles. The van der Waals surface area contributed by atoms with Crippen molar-refractivity contribution >= 4 is 17.8 Å². The average Bonchev–Trinajstić information content (AvgIpc) is 2.47. The van der Waals surface area contributed by atoms with E-state index >= 15 is 0 Å². The van der Waals surface area contributed by atoms with Crippen LogP contribution in [0.4, 0.5) is 17.8 Å². The Balaban J connectivity index is 2.57. The molecule has 0 aliphatic carbocycles. The van der Waals surface area contributed by atoms with Crippen LogP contribution in [0.15, 0.2) is 0 Å². The van der Waals surface area contributed by atoms with Crippen molar-refractivity contribution in [1.29, 1.82) is 0 Å². The van der Waals surface area contributed by atoms with Crippen LogP contribution in [0.3, 0.4) is 0 Å². The second kappa shape index (κ2) is 9.33. The molecular weight excluding hydrogens is 266 g/mol. The van der Waals surface area contributed by atoms with Gasteiger partial charge in [0.05, 0.1) is 0 Å². The van der Waals surface area contributed by atoms with Gasteiger partial charge >= 0.3 is 0 Å². The highest BCUT2D eigenvalue weighted by atomic mass is 15.3. The third-order valence-electron chi connectivity index (χ3n) is 3.19. The zero-order valence-electron chi connectivity index (χ0n) is 14.0. The predicted molar refractivity (Wildman–Crippen MR) is 89.2 cm³/mol. The molecule has 0 atom stereocenters. The van der Waals surface area contributed by atoms with Crippen LogP contribution in [0.5, 0.6) is 0 Å². The van der Waals surface area contributed by atoms with E-state index in [0.717, 1.165) is 39.1 Å². The van der Waals surface area contributed by atoms with Gasteiger partial charge in [0.1, 0.15) is 0 Å². The second-order valence-corrected chi connectivity index (χ2v) is 5.01. The molecule has 0 aliphatic rings. The zero-order valence-corrected chi connectivity index (χ0v) is 14.0. The fourth-order valence-electron chi connectivity index (χ4n) is 1.92. The van der Waals surface area contributed by atoms with Crippen LogP contribution in [0.1, 0.15) is 27.2 Å². The lowest BCUT2D eigenvalue weighted by Crippen LogP contribution is -2.25. The van der Waals surface area contributed by atoms with Crippen LogP contribution < -0.4 is 15.5 Å². The lowest BCUT2D eigenvalue weighted by atomic mass is 10.3. The van der Waals surface area contributed by atoms with Crippen LogP contribution in [0.2, 0.25) is 0 Å². The fourth-order valence-corrected chi connectivity index (χ4v) is 1.92. The van der Waals surface area contributed by atoms with Gasteiger partial charge in [-0.2, -0.15) is 15.0 Å². The van der Waals surface area contributed by atoms with E-state index in [1.807, 2.05) is 25.9 Å². The highest BCUT2D eigenvalue weighted by Gasteiger charge is 2.07. The molecule has 7 nitrogen and oxygen atoms in total. The van der Waals surface area contributed by atoms with Crippen LogP contribution in [-0.2, 0) is 0 Å². The summed E-state index contributed by atoms with van der Waals surface area (Å²) in [7, 11) is 3.85. The molecule has 1 aromatic heterocycles. The number of nitrogens with one attached hydrogen (secondary N) is 2. The first kappa shape index (κ1) is 17.4. The zero-order chi connectivity index (χ0) is 15.7. The number of hydrogen-bond acceptors (Lipinski definition) is 7. The summed E-state index contributed by atoms with van der Waals surface area (Å²) in [4.78, 5) is 17.4. The van der Waals surface area contributed by atoms with Gasteiger partial charge in [-0.1, -0.05) is 13.8 Å². The van der Waals surface area contributed by atoms with Crippen LogP contribution in [0.25, 0.3) is 0 Å². The Morgan fingerprint density at radius 1 is 0.905 bits per heavy atom. The summed E-state index contributed by atoms with van der Waals surface area (Å²) in [5, 5.41) is 6.42. The van der Waals surface area contributed by atoms with E-state index in [0.29, 0.717) is 17.8 Å². The molecule has 2 N–H and O–H groups in total. The number of nitrogens with zero attached hydrogens (tertiary/aromatic N) is 5. The quantitative estimate of drug-likeness (QED) is 0.634. The monoisotopic (exact) mass is 295 g/mol. The van der Waals surface area contributed by atoms with Crippen molar-refractivity contribution in [2.24, 2.45) is 0 Å². The minimum Gasteiger partial charge on any atom is -0.354 e. The lowest BCUT2D eigenvalue weighted by Gasteiger charge is -2.18. The Morgan fingerprint density at radius 3 is 2.05 bits per heavy atom. The third kappa shape index (κ3) is 6.12. The van der Waals surface area contributed by atoms with Crippen molar-refractivity contribution in [3.8, 4) is 0 Å². The highest BCUT2D eigenvalue weighted by Crippen LogP contribution is 2.11. The lowest BCUT2D eigenvalue weighted by molar-refractivity contribution is 0.303. The van der Waals surface area contributed by atoms with E-state index in [-0.39, 0.29) is 0 Å². The van der Waals surface area contributed by atoms with Gasteiger partial charge in [-0.15, -0.1) is 0 Å². The molecule has 0 unspecified atom stereocenters. The molecule has 0 amide bonds. The molecule has 0 aliphatic heterocycles. The van der Waals surface area contributed by atoms with Gasteiger partial charge in [0.25, 0.3) is 0 Å². The normalized spacial score (nSPS) is 10.8. The summed E-state index contributed by atoms with van der Waals surface area (Å²) in [6.07, 6.45) is 1.07. The molecule has 120 valence electrons. The van der Waals surface area contributed by atoms with Gasteiger partial charge in [0.15, 0.2) is 0 Å². The Bertz CT molecular complexity index is 404. The molecule has 1 rings (SSSR count). The third-order valence-corrected chi connectivity index (χ3v) is 3.19. The molecule has 7 heteroatoms. The van der Waals surface area contributed by atoms with E-state index in [9.17, 15) is 0 Å². The molecule has 0 saturated carbocycles. The maximum absolute atomic E-state index is 4.41. The van der Waals surface area contributed by atoms with E-state index in [4.69, 9.17) is 0 Å². The first-order valence-corrected chi connectivity index (χ1v) is 7.74. The molecule has 1 aromatic rings. The Morgan fingerprint density at radius 2 is 1.52 bits per heavy atom. The predicted octanol–water partition coefficient (Wildman–Crippen LogP) is 1.51. The summed E-state index contributed by atoms with van der Waals surface area (Å²) in [6, 6.07) is 0. The van der Waals surface area contributed by atoms with Crippen molar-refractivity contribution in [2.75, 3.05) is 62.4 Å². The standard InChI is InChI=1S/C14H29N7/c1-6-15-12-17-13(19-14(18-12)20(4)5)16-10-9-11-21(7-2)8-3/h6-11H2,1-5H3,(H2,15,16,17,18,19). The minimum absolute atomic E-state index is 0.613. The van der Waals surface area contributed by atoms with Gasteiger partial charge in [0, 0.05) is 27.2 Å². The van der Waals surface area contributed by atoms with Crippen molar-refractivity contribution in [1.82, 2.24) is 19.9 Å². The minimum atomic E-state index is 0.613. The Hall–Kier alpha value is -1.63. The van der Waals surface area contributed by atoms with Gasteiger partial charge in [-0.05, 0) is 33.0 Å². The van der Waals surface area contributed by atoms with E-state index in [2.05, 4.69) is 44.3 Å². The van der Waals surface area contributed by atoms with Crippen molar-refractivity contribution in [3.63, 3.8) is 0 Å². The number of anilines is 3. The Kier molecular flexibility index (Phi) is 7.74. The van der Waals surface area contributed by atoms with Crippen LogP contribution in [0, 0.1) is 0 Å². The van der Waals surface area contributed by atoms with E-state index in [1.54, 1.807) is 0 Å². The molecular formula is C14H29N7. The molecule has 21 heavy (non-hydrogen) atoms. The SMILES string of the molecule is CCNc1nc(NCCCN(CC)CC)nc(N(C)C)n1. The molecule has 0 bridgehead atoms. The average molecular weight is 295 g/mol. The Labute approximate surface area is 128 Å². The smallest absolute Gasteiger partial charge is 0.231 e. The van der Waals surface area contributed by atoms with Crippen LogP contribution in [-0.4, -0.2) is 66.7 Å². The topological polar surface area (TPSA) is 69.2 Å². The highest BCUT2D eigenvalue weighted by molar-refractivity contribution is 5.42. The van der Waals surface area contributed by atoms with Gasteiger partial charge in [-0.3, -0.25) is 0 Å². The van der Waals surface area contributed by atoms with Gasteiger partial charge in [0.2, 0.25) is 17.8 Å². The van der Waals surface area contributed by atoms with Crippen LogP contribution >= 0.6 is 0 Å². The molecule has 0 radical (unpaired) electrons. The number of aromatic nitrogens is 3. The largest absolute Gasteiger partial charge is 0.354 e. The fraction of sp³-hybridized carbons (Fsp3) is 0.786. The summed E-state index contributed by atoms with van der Waals surface area (Å²) >= 11 is 0. The van der Waals surface area contributed by atoms with Crippen molar-refractivity contribution in [3.05, 3.63) is 0 Å². The van der Waals surface area contributed by atoms with E-state index in [1.165, 1.54) is 0 Å². The second-order valence-electron chi connectivity index (χ2n) is 5.01. The summed E-state index contributed by atoms with van der Waals surface area (Å²) in [5.74, 6) is 1.90. The maximum atomic E-state index is 4.41. The van der Waals surface area contributed by atoms with Crippen molar-refractivity contribution in [2.45, 2.75) is 27.2 Å². The molecule has 0 spiro atoms. The molecule has 0 saturated heterocycles. The number of rotatable bonds is 10. The van der Waals surface area contributed by atoms with Gasteiger partial charge < -0.3 is 20.4 Å². The summed E-state index contributed by atoms with van der Waals surface area (Å²) < 4.78 is 0. The molecule has 1 heterocycles. The first-order chi connectivity index (χ1) is 10.1. The number of hydrogen-bond donors (Lipinski definition) is 2.